The van der Waals surface area contributed by atoms with Crippen LogP contribution in [-0.4, -0.2) is 11.6 Å². The number of Topliss-reactive ketones (excluding diaryl/α,β-unsaturated/α-hetero) is 2. The van der Waals surface area contributed by atoms with Crippen LogP contribution < -0.4 is 0 Å². The standard InChI is InChI=1S/C24H30O2/c1-6-14-10-13(5)11-15(7-2)19(14)22-23(25)20-16-8-9-17(18(16)12(3)4)21(20)24(22)26/h10-11,16-17,20-22H,6-9H2,1-5H3/t16-,17+,20-,21+,22?. The van der Waals surface area contributed by atoms with Gasteiger partial charge in [-0.3, -0.25) is 9.59 Å². The van der Waals surface area contributed by atoms with Crippen molar-refractivity contribution in [3.63, 3.8) is 0 Å². The van der Waals surface area contributed by atoms with Crippen LogP contribution in [0.5, 0.6) is 0 Å². The van der Waals surface area contributed by atoms with Gasteiger partial charge in [0.1, 0.15) is 5.92 Å². The maximum Gasteiger partial charge on any atom is 0.152 e. The Morgan fingerprint density at radius 3 is 1.77 bits per heavy atom. The van der Waals surface area contributed by atoms with Crippen molar-refractivity contribution in [2.75, 3.05) is 0 Å². The van der Waals surface area contributed by atoms with Crippen molar-refractivity contribution in [1.82, 2.24) is 0 Å². The van der Waals surface area contributed by atoms with Crippen LogP contribution in [0.4, 0.5) is 0 Å². The molecule has 2 heteroatoms. The SMILES string of the molecule is CCc1cc(C)cc(CC)c1C1C(=O)[C@@H]2[C@H](C1=O)[C@@H]1CC[C@H]2C1=C(C)C. The van der Waals surface area contributed by atoms with Crippen molar-refractivity contribution in [2.45, 2.75) is 66.2 Å². The van der Waals surface area contributed by atoms with E-state index in [9.17, 15) is 9.59 Å². The van der Waals surface area contributed by atoms with Gasteiger partial charge in [-0.1, -0.05) is 42.7 Å². The number of hydrogen-bond donors (Lipinski definition) is 0. The van der Waals surface area contributed by atoms with E-state index in [1.165, 1.54) is 27.8 Å². The molecule has 0 amide bonds. The molecule has 0 aromatic heterocycles. The van der Waals surface area contributed by atoms with Crippen LogP contribution >= 0.6 is 0 Å². The van der Waals surface area contributed by atoms with Crippen LogP contribution in [0.3, 0.4) is 0 Å². The molecule has 3 aliphatic rings. The second-order valence-corrected chi connectivity index (χ2v) is 8.74. The van der Waals surface area contributed by atoms with Gasteiger partial charge >= 0.3 is 0 Å². The molecule has 26 heavy (non-hydrogen) atoms. The highest BCUT2D eigenvalue weighted by Gasteiger charge is 2.64. The molecule has 2 nitrogen and oxygen atoms in total. The Labute approximate surface area is 157 Å². The highest BCUT2D eigenvalue weighted by atomic mass is 16.2. The first-order valence-electron chi connectivity index (χ1n) is 10.3. The van der Waals surface area contributed by atoms with E-state index in [0.29, 0.717) is 11.8 Å². The van der Waals surface area contributed by atoms with Crippen molar-refractivity contribution in [2.24, 2.45) is 23.7 Å². The molecule has 0 spiro atoms. The number of rotatable bonds is 3. The first-order chi connectivity index (χ1) is 12.4. The summed E-state index contributed by atoms with van der Waals surface area (Å²) in [6.45, 7) is 10.7. The molecule has 138 valence electrons. The number of benzene rings is 1. The van der Waals surface area contributed by atoms with E-state index in [1.54, 1.807) is 0 Å². The van der Waals surface area contributed by atoms with Gasteiger partial charge in [-0.05, 0) is 75.0 Å². The summed E-state index contributed by atoms with van der Waals surface area (Å²) in [5, 5.41) is 0. The van der Waals surface area contributed by atoms with Gasteiger partial charge in [0.25, 0.3) is 0 Å². The van der Waals surface area contributed by atoms with Crippen LogP contribution in [-0.2, 0) is 22.4 Å². The largest absolute Gasteiger partial charge is 0.298 e. The molecule has 0 radical (unpaired) electrons. The van der Waals surface area contributed by atoms with Gasteiger partial charge in [0.2, 0.25) is 0 Å². The minimum atomic E-state index is -0.502. The monoisotopic (exact) mass is 350 g/mol. The minimum Gasteiger partial charge on any atom is -0.298 e. The number of aryl methyl sites for hydroxylation is 3. The quantitative estimate of drug-likeness (QED) is 0.570. The zero-order chi connectivity index (χ0) is 18.7. The zero-order valence-corrected chi connectivity index (χ0v) is 16.7. The molecule has 1 aromatic carbocycles. The van der Waals surface area contributed by atoms with Crippen molar-refractivity contribution in [3.8, 4) is 0 Å². The topological polar surface area (TPSA) is 34.1 Å². The smallest absolute Gasteiger partial charge is 0.152 e. The van der Waals surface area contributed by atoms with E-state index in [1.807, 2.05) is 0 Å². The number of allylic oxidation sites excluding steroid dienone is 2. The van der Waals surface area contributed by atoms with Crippen LogP contribution in [0.1, 0.15) is 68.7 Å². The normalized spacial score (nSPS) is 32.5. The number of carbonyl (C=O) groups excluding carboxylic acids is 2. The summed E-state index contributed by atoms with van der Waals surface area (Å²) in [5.41, 5.74) is 7.46. The predicted molar refractivity (Wildman–Crippen MR) is 104 cm³/mol. The van der Waals surface area contributed by atoms with Crippen molar-refractivity contribution >= 4 is 11.6 Å². The Bertz CT molecular complexity index is 768. The molecule has 0 N–H and O–H groups in total. The van der Waals surface area contributed by atoms with E-state index in [-0.39, 0.29) is 23.4 Å². The van der Waals surface area contributed by atoms with Crippen LogP contribution in [0, 0.1) is 30.6 Å². The van der Waals surface area contributed by atoms with Gasteiger partial charge in [0.05, 0.1) is 0 Å². The highest BCUT2D eigenvalue weighted by Crippen LogP contribution is 2.62. The summed E-state index contributed by atoms with van der Waals surface area (Å²) < 4.78 is 0. The molecule has 3 fully saturated rings. The number of fused-ring (bicyclic) bond motifs is 5. The molecule has 0 aliphatic heterocycles. The second kappa shape index (κ2) is 6.18. The number of carbonyl (C=O) groups is 2. The molecular weight excluding hydrogens is 320 g/mol. The highest BCUT2D eigenvalue weighted by molar-refractivity contribution is 6.17. The van der Waals surface area contributed by atoms with Crippen molar-refractivity contribution < 1.29 is 9.59 Å². The molecule has 2 bridgehead atoms. The summed E-state index contributed by atoms with van der Waals surface area (Å²) in [6.07, 6.45) is 3.94. The molecular formula is C24H30O2. The molecule has 0 saturated heterocycles. The van der Waals surface area contributed by atoms with Crippen LogP contribution in [0.15, 0.2) is 23.3 Å². The summed E-state index contributed by atoms with van der Waals surface area (Å²) in [4.78, 5) is 27.1. The molecule has 0 heterocycles. The molecule has 3 saturated carbocycles. The van der Waals surface area contributed by atoms with Crippen molar-refractivity contribution in [3.05, 3.63) is 45.5 Å². The summed E-state index contributed by atoms with van der Waals surface area (Å²) >= 11 is 0. The Hall–Kier alpha value is -1.70. The molecule has 4 rings (SSSR count). The first kappa shape index (κ1) is 17.7. The lowest BCUT2D eigenvalue weighted by atomic mass is 9.81. The Morgan fingerprint density at radius 1 is 0.923 bits per heavy atom. The van der Waals surface area contributed by atoms with E-state index in [0.717, 1.165) is 31.2 Å². The third-order valence-electron chi connectivity index (χ3n) is 7.19. The number of ketones is 2. The number of hydrogen-bond acceptors (Lipinski definition) is 2. The van der Waals surface area contributed by atoms with Gasteiger partial charge in [-0.2, -0.15) is 0 Å². The van der Waals surface area contributed by atoms with E-state index in [4.69, 9.17) is 0 Å². The lowest BCUT2D eigenvalue weighted by Crippen LogP contribution is -2.24. The fourth-order valence-corrected chi connectivity index (χ4v) is 6.40. The summed E-state index contributed by atoms with van der Waals surface area (Å²) in [5.74, 6) is 0.503. The third-order valence-corrected chi connectivity index (χ3v) is 7.19. The lowest BCUT2D eigenvalue weighted by molar-refractivity contribution is -0.125. The summed E-state index contributed by atoms with van der Waals surface area (Å²) in [6, 6.07) is 4.36. The van der Waals surface area contributed by atoms with E-state index < -0.39 is 5.92 Å². The fraction of sp³-hybridized carbons (Fsp3) is 0.583. The Morgan fingerprint density at radius 2 is 1.38 bits per heavy atom. The minimum absolute atomic E-state index is 0.0492. The second-order valence-electron chi connectivity index (χ2n) is 8.74. The average molecular weight is 351 g/mol. The van der Waals surface area contributed by atoms with Crippen molar-refractivity contribution in [1.29, 1.82) is 0 Å². The molecule has 3 aliphatic carbocycles. The fourth-order valence-electron chi connectivity index (χ4n) is 6.40. The van der Waals surface area contributed by atoms with E-state index in [2.05, 4.69) is 46.8 Å². The Balaban J connectivity index is 1.83. The predicted octanol–water partition coefficient (Wildman–Crippen LogP) is 4.96. The van der Waals surface area contributed by atoms with Gasteiger partial charge < -0.3 is 0 Å². The first-order valence-corrected chi connectivity index (χ1v) is 10.3. The third kappa shape index (κ3) is 2.23. The maximum absolute atomic E-state index is 13.5. The van der Waals surface area contributed by atoms with Gasteiger partial charge in [0.15, 0.2) is 11.6 Å². The zero-order valence-electron chi connectivity index (χ0n) is 16.7. The molecule has 5 atom stereocenters. The summed E-state index contributed by atoms with van der Waals surface area (Å²) in [7, 11) is 0. The van der Waals surface area contributed by atoms with E-state index >= 15 is 0 Å². The van der Waals surface area contributed by atoms with Gasteiger partial charge in [0, 0.05) is 11.8 Å². The maximum atomic E-state index is 13.5. The van der Waals surface area contributed by atoms with Gasteiger partial charge in [-0.25, -0.2) is 0 Å². The Kier molecular flexibility index (Phi) is 4.21. The van der Waals surface area contributed by atoms with Crippen LogP contribution in [0.25, 0.3) is 0 Å². The average Bonchev–Trinajstić information content (AvgIpc) is 3.25. The lowest BCUT2D eigenvalue weighted by Gasteiger charge is -2.21. The van der Waals surface area contributed by atoms with Gasteiger partial charge in [-0.15, -0.1) is 0 Å². The van der Waals surface area contributed by atoms with Crippen LogP contribution in [0.2, 0.25) is 0 Å². The molecule has 1 aromatic rings. The molecule has 1 unspecified atom stereocenters.